The van der Waals surface area contributed by atoms with E-state index in [4.69, 9.17) is 0 Å². The van der Waals surface area contributed by atoms with E-state index >= 15 is 0 Å². The minimum absolute atomic E-state index is 1.18. The Morgan fingerprint density at radius 3 is 2.00 bits per heavy atom. The number of fused-ring (bicyclic) bond motifs is 7. The summed E-state index contributed by atoms with van der Waals surface area (Å²) in [5.41, 5.74) is 9.94. The minimum Gasteiger partial charge on any atom is -0.309 e. The first-order valence-corrected chi connectivity index (χ1v) is 15.5. The predicted molar refractivity (Wildman–Crippen MR) is 185 cm³/mol. The van der Waals surface area contributed by atoms with Gasteiger partial charge < -0.3 is 9.13 Å². The van der Waals surface area contributed by atoms with Crippen LogP contribution in [-0.2, 0) is 0 Å². The number of aromatic nitrogens is 2. The van der Waals surface area contributed by atoms with Gasteiger partial charge in [-0.15, -0.1) is 11.3 Å². The highest BCUT2D eigenvalue weighted by atomic mass is 32.1. The fraction of sp³-hybridized carbons (Fsp3) is 0. The van der Waals surface area contributed by atoms with Gasteiger partial charge in [0.2, 0.25) is 0 Å². The van der Waals surface area contributed by atoms with Crippen LogP contribution >= 0.6 is 11.3 Å². The summed E-state index contributed by atoms with van der Waals surface area (Å²) in [5.74, 6) is 0. The summed E-state index contributed by atoms with van der Waals surface area (Å²) in [6, 6.07) is 53.4. The highest BCUT2D eigenvalue weighted by molar-refractivity contribution is 7.24. The molecule has 2 aliphatic heterocycles. The number of rotatable bonds is 2. The van der Waals surface area contributed by atoms with Crippen LogP contribution in [0.25, 0.3) is 86.3 Å². The van der Waals surface area contributed by atoms with E-state index in [1.165, 1.54) is 86.3 Å². The molecule has 10 rings (SSSR count). The lowest BCUT2D eigenvalue weighted by atomic mass is 9.92. The van der Waals surface area contributed by atoms with E-state index in [0.717, 1.165) is 0 Å². The van der Waals surface area contributed by atoms with Gasteiger partial charge in [0, 0.05) is 27.2 Å². The first-order chi connectivity index (χ1) is 21.3. The van der Waals surface area contributed by atoms with Crippen molar-refractivity contribution in [2.45, 2.75) is 0 Å². The Kier molecular flexibility index (Phi) is 4.63. The lowest BCUT2D eigenvalue weighted by Crippen LogP contribution is -2.04. The maximum absolute atomic E-state index is 2.49. The Labute approximate surface area is 251 Å². The molecule has 1 aromatic heterocycles. The molecule has 0 N–H and O–H groups in total. The van der Waals surface area contributed by atoms with Gasteiger partial charge in [-0.25, -0.2) is 0 Å². The van der Waals surface area contributed by atoms with Gasteiger partial charge in [-0.3, -0.25) is 0 Å². The zero-order valence-corrected chi connectivity index (χ0v) is 24.0. The summed E-state index contributed by atoms with van der Waals surface area (Å²) in [7, 11) is 0. The van der Waals surface area contributed by atoms with Crippen molar-refractivity contribution < 1.29 is 0 Å². The lowest BCUT2D eigenvalue weighted by molar-refractivity contribution is 1.18. The Morgan fingerprint density at radius 2 is 1.07 bits per heavy atom. The molecule has 0 fully saturated rings. The Bertz CT molecular complexity index is 2670. The van der Waals surface area contributed by atoms with Crippen molar-refractivity contribution in [3.05, 3.63) is 146 Å². The molecule has 2 aliphatic rings. The third kappa shape index (κ3) is 3.12. The van der Waals surface area contributed by atoms with E-state index in [1.54, 1.807) is 0 Å². The fourth-order valence-corrected chi connectivity index (χ4v) is 8.41. The van der Waals surface area contributed by atoms with Crippen molar-refractivity contribution in [3.63, 3.8) is 0 Å². The normalized spacial score (nSPS) is 12.2. The average molecular weight is 565 g/mol. The SMILES string of the molecule is c1ccc(-n2c3ccccc3c3cc(-c4ccc5c6c4cccc6c4cccc6sc7ccccc7n5-c64)ccc32)cc1. The molecule has 8 aromatic rings. The monoisotopic (exact) mass is 564 g/mol. The molecular weight excluding hydrogens is 541 g/mol. The van der Waals surface area contributed by atoms with Gasteiger partial charge >= 0.3 is 0 Å². The number of hydrogen-bond acceptors (Lipinski definition) is 1. The van der Waals surface area contributed by atoms with Crippen molar-refractivity contribution in [2.75, 3.05) is 0 Å². The quantitative estimate of drug-likeness (QED) is 0.146. The summed E-state index contributed by atoms with van der Waals surface area (Å²) in [4.78, 5) is 0. The van der Waals surface area contributed by atoms with Gasteiger partial charge in [-0.1, -0.05) is 91.0 Å². The molecule has 0 atom stereocenters. The third-order valence-electron chi connectivity index (χ3n) is 9.10. The Hall–Kier alpha value is -5.38. The first-order valence-electron chi connectivity index (χ1n) is 14.7. The Morgan fingerprint density at radius 1 is 0.395 bits per heavy atom. The number of para-hydroxylation sites is 4. The average Bonchev–Trinajstić information content (AvgIpc) is 3.40. The topological polar surface area (TPSA) is 9.86 Å². The molecule has 3 heterocycles. The molecule has 0 radical (unpaired) electrons. The number of benzene rings is 7. The van der Waals surface area contributed by atoms with E-state index in [2.05, 4.69) is 155 Å². The van der Waals surface area contributed by atoms with Crippen LogP contribution in [0.5, 0.6) is 0 Å². The molecule has 0 unspecified atom stereocenters. The van der Waals surface area contributed by atoms with Crippen LogP contribution in [0.2, 0.25) is 0 Å². The van der Waals surface area contributed by atoms with Crippen molar-refractivity contribution in [1.82, 2.24) is 9.13 Å². The minimum atomic E-state index is 1.18. The maximum atomic E-state index is 2.49. The molecule has 0 saturated carbocycles. The molecule has 0 amide bonds. The predicted octanol–water partition coefficient (Wildman–Crippen LogP) is 11.4. The van der Waals surface area contributed by atoms with Gasteiger partial charge in [-0.05, 0) is 76.5 Å². The van der Waals surface area contributed by atoms with Crippen molar-refractivity contribution >= 4 is 75.1 Å². The highest BCUT2D eigenvalue weighted by Gasteiger charge is 2.21. The summed E-state index contributed by atoms with van der Waals surface area (Å²) in [6.45, 7) is 0. The molecule has 3 heteroatoms. The number of pyridine rings is 1. The second-order valence-electron chi connectivity index (χ2n) is 11.3. The largest absolute Gasteiger partial charge is 0.309 e. The summed E-state index contributed by atoms with van der Waals surface area (Å²) < 4.78 is 7.48. The summed E-state index contributed by atoms with van der Waals surface area (Å²) in [5, 5.41) is 7.76. The second kappa shape index (κ2) is 8.57. The van der Waals surface area contributed by atoms with Gasteiger partial charge in [-0.2, -0.15) is 0 Å². The molecule has 0 bridgehead atoms. The fourth-order valence-electron chi connectivity index (χ4n) is 7.32. The molecule has 7 aromatic carbocycles. The second-order valence-corrected chi connectivity index (χ2v) is 12.4. The van der Waals surface area contributed by atoms with E-state index in [0.29, 0.717) is 0 Å². The molecule has 43 heavy (non-hydrogen) atoms. The zero-order chi connectivity index (χ0) is 28.1. The van der Waals surface area contributed by atoms with Gasteiger partial charge in [0.15, 0.2) is 0 Å². The maximum Gasteiger partial charge on any atom is 0.0713 e. The molecule has 200 valence electrons. The Balaban J connectivity index is 1.31. The van der Waals surface area contributed by atoms with Crippen LogP contribution in [0.3, 0.4) is 0 Å². The van der Waals surface area contributed by atoms with Crippen molar-refractivity contribution in [2.24, 2.45) is 0 Å². The number of nitrogens with zero attached hydrogens (tertiary/aromatic N) is 2. The van der Waals surface area contributed by atoms with E-state index in [-0.39, 0.29) is 0 Å². The van der Waals surface area contributed by atoms with Crippen LogP contribution in [-0.4, -0.2) is 9.13 Å². The molecule has 0 aliphatic carbocycles. The molecule has 2 nitrogen and oxygen atoms in total. The van der Waals surface area contributed by atoms with Crippen molar-refractivity contribution in [1.29, 1.82) is 0 Å². The standard InChI is InChI=1S/C40H24N2S/c1-2-10-26(11-3-1)41-33-16-5-4-12-28(33)32-24-25(20-22-34(32)41)27-21-23-36-39-29(27)13-8-14-30(39)31-15-9-19-38-40(31)42(36)35-17-6-7-18-37(35)43-38/h1-24H. The summed E-state index contributed by atoms with van der Waals surface area (Å²) >= 11 is 1.87. The van der Waals surface area contributed by atoms with E-state index in [9.17, 15) is 0 Å². The van der Waals surface area contributed by atoms with Crippen LogP contribution in [0.1, 0.15) is 0 Å². The highest BCUT2D eigenvalue weighted by Crippen LogP contribution is 2.45. The van der Waals surface area contributed by atoms with Gasteiger partial charge in [0.25, 0.3) is 0 Å². The van der Waals surface area contributed by atoms with Crippen LogP contribution in [0.15, 0.2) is 146 Å². The van der Waals surface area contributed by atoms with E-state index < -0.39 is 0 Å². The number of hydrogen-bond donors (Lipinski definition) is 0. The van der Waals surface area contributed by atoms with Gasteiger partial charge in [0.1, 0.15) is 0 Å². The lowest BCUT2D eigenvalue weighted by Gasteiger charge is -2.24. The van der Waals surface area contributed by atoms with Gasteiger partial charge in [0.05, 0.1) is 37.2 Å². The van der Waals surface area contributed by atoms with Crippen LogP contribution in [0.4, 0.5) is 0 Å². The third-order valence-corrected chi connectivity index (χ3v) is 10.2. The molecular formula is C40H24N2S. The first kappa shape index (κ1) is 23.2. The van der Waals surface area contributed by atoms with Crippen LogP contribution < -0.4 is 0 Å². The van der Waals surface area contributed by atoms with Crippen molar-refractivity contribution in [3.8, 4) is 22.5 Å². The zero-order valence-electron chi connectivity index (χ0n) is 23.2. The smallest absolute Gasteiger partial charge is 0.0713 e. The van der Waals surface area contributed by atoms with E-state index in [1.807, 2.05) is 11.3 Å². The molecule has 0 saturated heterocycles. The summed E-state index contributed by atoms with van der Waals surface area (Å²) in [6.07, 6.45) is 0. The molecule has 0 spiro atoms. The van der Waals surface area contributed by atoms with Crippen LogP contribution in [0, 0.1) is 0 Å².